The number of aryl methyl sites for hydroxylation is 2. The molecule has 0 aliphatic carbocycles. The maximum Gasteiger partial charge on any atom is 0.223 e. The second-order valence-corrected chi connectivity index (χ2v) is 7.15. The lowest BCUT2D eigenvalue weighted by Crippen LogP contribution is -2.33. The minimum absolute atomic E-state index is 0.00662. The summed E-state index contributed by atoms with van der Waals surface area (Å²) in [4.78, 5) is 34.6. The Morgan fingerprint density at radius 1 is 1.07 bits per heavy atom. The number of amides is 2. The lowest BCUT2D eigenvalue weighted by atomic mass is 10.1. The van der Waals surface area contributed by atoms with Gasteiger partial charge in [-0.15, -0.1) is 0 Å². The van der Waals surface area contributed by atoms with Crippen molar-refractivity contribution in [1.82, 2.24) is 14.9 Å². The van der Waals surface area contributed by atoms with Crippen molar-refractivity contribution in [3.63, 3.8) is 0 Å². The number of benzene rings is 1. The number of hydrogen-bond donors (Lipinski definition) is 1. The Morgan fingerprint density at radius 3 is 2.26 bits per heavy atom. The van der Waals surface area contributed by atoms with Gasteiger partial charge in [-0.25, -0.2) is 9.97 Å². The summed E-state index contributed by atoms with van der Waals surface area (Å²) < 4.78 is 0. The predicted molar refractivity (Wildman–Crippen MR) is 107 cm³/mol. The van der Waals surface area contributed by atoms with Gasteiger partial charge in [-0.05, 0) is 37.7 Å². The second-order valence-electron chi connectivity index (χ2n) is 6.38. The Labute approximate surface area is 164 Å². The fourth-order valence-electron chi connectivity index (χ4n) is 2.89. The van der Waals surface area contributed by atoms with Crippen LogP contribution >= 0.6 is 11.8 Å². The van der Waals surface area contributed by atoms with Gasteiger partial charge in [-0.3, -0.25) is 9.59 Å². The van der Waals surface area contributed by atoms with Gasteiger partial charge in [0.25, 0.3) is 0 Å². The molecular weight excluding hydrogens is 360 g/mol. The number of aromatic nitrogens is 2. The van der Waals surface area contributed by atoms with E-state index in [1.165, 1.54) is 11.8 Å². The summed E-state index contributed by atoms with van der Waals surface area (Å²) in [7, 11) is 0. The van der Waals surface area contributed by atoms with Gasteiger partial charge >= 0.3 is 0 Å². The normalized spacial score (nSPS) is 10.6. The molecule has 2 N–H and O–H groups in total. The highest BCUT2D eigenvalue weighted by Gasteiger charge is 2.17. The molecule has 27 heavy (non-hydrogen) atoms. The van der Waals surface area contributed by atoms with Crippen molar-refractivity contribution in [2.45, 2.75) is 44.8 Å². The Bertz CT molecular complexity index is 773. The van der Waals surface area contributed by atoms with Crippen LogP contribution in [0.4, 0.5) is 0 Å². The lowest BCUT2D eigenvalue weighted by molar-refractivity contribution is -0.132. The SMILES string of the molecule is CSc1nc(C)c(CCC(=O)N(CCC(N)=O)Cc2ccccc2)c(C)n1. The number of rotatable bonds is 9. The van der Waals surface area contributed by atoms with E-state index < -0.39 is 5.91 Å². The minimum Gasteiger partial charge on any atom is -0.370 e. The zero-order valence-electron chi connectivity index (χ0n) is 16.1. The standard InChI is InChI=1S/C20H26N4O2S/c1-14-17(15(2)23-20(22-14)27-3)9-10-19(26)24(12-11-18(21)25)13-16-7-5-4-6-8-16/h4-8H,9-13H2,1-3H3,(H2,21,25). The van der Waals surface area contributed by atoms with Gasteiger partial charge in [0.05, 0.1) is 0 Å². The molecule has 1 aromatic heterocycles. The molecule has 0 atom stereocenters. The van der Waals surface area contributed by atoms with Crippen LogP contribution in [0.25, 0.3) is 0 Å². The number of nitrogens with two attached hydrogens (primary N) is 1. The van der Waals surface area contributed by atoms with Crippen LogP contribution < -0.4 is 5.73 Å². The van der Waals surface area contributed by atoms with Crippen molar-refractivity contribution in [2.24, 2.45) is 5.73 Å². The van der Waals surface area contributed by atoms with Crippen LogP contribution in [-0.4, -0.2) is 39.5 Å². The molecule has 144 valence electrons. The van der Waals surface area contributed by atoms with Crippen LogP contribution in [0.1, 0.15) is 35.4 Å². The van der Waals surface area contributed by atoms with E-state index in [0.717, 1.165) is 27.7 Å². The van der Waals surface area contributed by atoms with Gasteiger partial charge in [0.1, 0.15) is 0 Å². The van der Waals surface area contributed by atoms with Gasteiger partial charge < -0.3 is 10.6 Å². The lowest BCUT2D eigenvalue weighted by Gasteiger charge is -2.23. The van der Waals surface area contributed by atoms with E-state index >= 15 is 0 Å². The van der Waals surface area contributed by atoms with Crippen LogP contribution in [0.2, 0.25) is 0 Å². The highest BCUT2D eigenvalue weighted by Crippen LogP contribution is 2.18. The molecule has 0 aliphatic rings. The van der Waals surface area contributed by atoms with Gasteiger partial charge in [-0.2, -0.15) is 0 Å². The van der Waals surface area contributed by atoms with Crippen LogP contribution in [0, 0.1) is 13.8 Å². The third-order valence-electron chi connectivity index (χ3n) is 4.37. The monoisotopic (exact) mass is 386 g/mol. The molecule has 1 aromatic carbocycles. The van der Waals surface area contributed by atoms with Crippen molar-refractivity contribution in [2.75, 3.05) is 12.8 Å². The van der Waals surface area contributed by atoms with Gasteiger partial charge in [0, 0.05) is 37.3 Å². The van der Waals surface area contributed by atoms with E-state index in [1.807, 2.05) is 50.4 Å². The van der Waals surface area contributed by atoms with Crippen molar-refractivity contribution in [3.05, 3.63) is 52.8 Å². The zero-order valence-corrected chi connectivity index (χ0v) is 16.9. The molecule has 7 heteroatoms. The predicted octanol–water partition coefficient (Wildman–Crippen LogP) is 2.65. The van der Waals surface area contributed by atoms with Crippen LogP contribution in [0.3, 0.4) is 0 Å². The van der Waals surface area contributed by atoms with Gasteiger partial charge in [0.2, 0.25) is 11.8 Å². The summed E-state index contributed by atoms with van der Waals surface area (Å²) in [6, 6.07) is 9.73. The zero-order chi connectivity index (χ0) is 19.8. The molecule has 0 spiro atoms. The van der Waals surface area contributed by atoms with E-state index in [9.17, 15) is 9.59 Å². The molecule has 0 aliphatic heterocycles. The number of nitrogens with zero attached hydrogens (tertiary/aromatic N) is 3. The highest BCUT2D eigenvalue weighted by atomic mass is 32.2. The molecule has 2 rings (SSSR count). The first-order valence-corrected chi connectivity index (χ1v) is 10.1. The third-order valence-corrected chi connectivity index (χ3v) is 4.92. The fraction of sp³-hybridized carbons (Fsp3) is 0.400. The summed E-state index contributed by atoms with van der Waals surface area (Å²) in [5.41, 5.74) is 9.12. The van der Waals surface area contributed by atoms with Gasteiger partial charge in [0.15, 0.2) is 5.16 Å². The number of primary amides is 1. The average Bonchev–Trinajstić information content (AvgIpc) is 2.64. The quantitative estimate of drug-likeness (QED) is 0.529. The number of carbonyl (C=O) groups is 2. The first-order valence-electron chi connectivity index (χ1n) is 8.88. The maximum absolute atomic E-state index is 12.8. The first-order chi connectivity index (χ1) is 12.9. The van der Waals surface area contributed by atoms with E-state index in [1.54, 1.807) is 4.90 Å². The molecule has 0 fully saturated rings. The van der Waals surface area contributed by atoms with Crippen molar-refractivity contribution >= 4 is 23.6 Å². The number of hydrogen-bond acceptors (Lipinski definition) is 5. The topological polar surface area (TPSA) is 89.2 Å². The molecule has 0 unspecified atom stereocenters. The number of thioether (sulfide) groups is 1. The van der Waals surface area contributed by atoms with E-state index in [-0.39, 0.29) is 12.3 Å². The Kier molecular flexibility index (Phi) is 7.79. The fourth-order valence-corrected chi connectivity index (χ4v) is 3.35. The van der Waals surface area contributed by atoms with Crippen LogP contribution in [0.15, 0.2) is 35.5 Å². The molecule has 0 radical (unpaired) electrons. The van der Waals surface area contributed by atoms with E-state index in [0.29, 0.717) is 25.9 Å². The third kappa shape index (κ3) is 6.36. The molecule has 0 saturated heterocycles. The smallest absolute Gasteiger partial charge is 0.223 e. The summed E-state index contributed by atoms with van der Waals surface area (Å²) in [5.74, 6) is -0.415. The largest absolute Gasteiger partial charge is 0.370 e. The molecule has 6 nitrogen and oxygen atoms in total. The van der Waals surface area contributed by atoms with E-state index in [2.05, 4.69) is 9.97 Å². The summed E-state index contributed by atoms with van der Waals surface area (Å²) in [6.07, 6.45) is 3.02. The van der Waals surface area contributed by atoms with Crippen molar-refractivity contribution in [3.8, 4) is 0 Å². The Morgan fingerprint density at radius 2 is 1.70 bits per heavy atom. The minimum atomic E-state index is -0.409. The average molecular weight is 387 g/mol. The highest BCUT2D eigenvalue weighted by molar-refractivity contribution is 7.98. The summed E-state index contributed by atoms with van der Waals surface area (Å²) in [6.45, 7) is 4.68. The van der Waals surface area contributed by atoms with Crippen LogP contribution in [0.5, 0.6) is 0 Å². The number of carbonyl (C=O) groups excluding carboxylic acids is 2. The molecular formula is C20H26N4O2S. The Hall–Kier alpha value is -2.41. The first kappa shape index (κ1) is 20.9. The van der Waals surface area contributed by atoms with E-state index in [4.69, 9.17) is 5.73 Å². The molecule has 2 aromatic rings. The van der Waals surface area contributed by atoms with Crippen molar-refractivity contribution in [1.29, 1.82) is 0 Å². The van der Waals surface area contributed by atoms with Crippen molar-refractivity contribution < 1.29 is 9.59 Å². The molecule has 0 saturated carbocycles. The second kappa shape index (κ2) is 10.1. The molecule has 2 amide bonds. The van der Waals surface area contributed by atoms with Crippen LogP contribution in [-0.2, 0) is 22.6 Å². The maximum atomic E-state index is 12.8. The summed E-state index contributed by atoms with van der Waals surface area (Å²) in [5, 5.41) is 0.743. The Balaban J connectivity index is 2.07. The molecule has 0 bridgehead atoms. The van der Waals surface area contributed by atoms with Gasteiger partial charge in [-0.1, -0.05) is 42.1 Å². The summed E-state index contributed by atoms with van der Waals surface area (Å²) >= 11 is 1.50. The molecule has 1 heterocycles.